The van der Waals surface area contributed by atoms with E-state index in [1.165, 1.54) is 14.8 Å². The van der Waals surface area contributed by atoms with E-state index in [4.69, 9.17) is 0 Å². The quantitative estimate of drug-likeness (QED) is 0.472. The van der Waals surface area contributed by atoms with Crippen LogP contribution in [-0.2, 0) is 0 Å². The molecule has 0 saturated carbocycles. The monoisotopic (exact) mass is 360 g/mol. The minimum atomic E-state index is 0.924. The molecule has 2 heterocycles. The first-order valence-electron chi connectivity index (χ1n) is 6.08. The van der Waals surface area contributed by atoms with E-state index in [2.05, 4.69) is 61.9 Å². The van der Waals surface area contributed by atoms with E-state index in [0.29, 0.717) is 0 Å². The molecule has 1 N–H and O–H groups in total. The fourth-order valence-corrected chi connectivity index (χ4v) is 4.11. The van der Waals surface area contributed by atoms with Crippen LogP contribution in [-0.4, -0.2) is 4.98 Å². The lowest BCUT2D eigenvalue weighted by molar-refractivity contribution is 1.45. The summed E-state index contributed by atoms with van der Waals surface area (Å²) >= 11 is 6.91. The van der Waals surface area contributed by atoms with Crippen LogP contribution in [0.2, 0.25) is 0 Å². The molecular weight excluding hydrogens is 352 g/mol. The Labute approximate surface area is 132 Å². The first-order chi connectivity index (χ1) is 9.78. The van der Waals surface area contributed by atoms with Gasteiger partial charge in [0, 0.05) is 14.9 Å². The average molecular weight is 361 g/mol. The highest BCUT2D eigenvalue weighted by molar-refractivity contribution is 9.10. The van der Waals surface area contributed by atoms with E-state index in [-0.39, 0.29) is 0 Å². The smallest absolute Gasteiger partial charge is 0.188 e. The van der Waals surface area contributed by atoms with Gasteiger partial charge in [0.1, 0.15) is 0 Å². The van der Waals surface area contributed by atoms with Crippen LogP contribution < -0.4 is 5.32 Å². The predicted molar refractivity (Wildman–Crippen MR) is 92.4 cm³/mol. The second-order valence-electron chi connectivity index (χ2n) is 4.43. The van der Waals surface area contributed by atoms with Gasteiger partial charge in [-0.15, -0.1) is 11.3 Å². The number of hydrogen-bond acceptors (Lipinski definition) is 4. The predicted octanol–water partition coefficient (Wildman–Crippen LogP) is 6.02. The Morgan fingerprint density at radius 2 is 1.90 bits per heavy atom. The number of anilines is 2. The zero-order chi connectivity index (χ0) is 13.5. The van der Waals surface area contributed by atoms with Crippen molar-refractivity contribution in [1.29, 1.82) is 0 Å². The normalized spacial score (nSPS) is 11.2. The van der Waals surface area contributed by atoms with Crippen LogP contribution in [0.15, 0.2) is 52.3 Å². The van der Waals surface area contributed by atoms with Gasteiger partial charge in [-0.25, -0.2) is 4.98 Å². The van der Waals surface area contributed by atoms with Gasteiger partial charge in [0.2, 0.25) is 0 Å². The van der Waals surface area contributed by atoms with E-state index in [9.17, 15) is 0 Å². The van der Waals surface area contributed by atoms with Gasteiger partial charge < -0.3 is 5.32 Å². The molecule has 2 nitrogen and oxygen atoms in total. The third kappa shape index (κ3) is 2.22. The highest BCUT2D eigenvalue weighted by Gasteiger charge is 2.05. The van der Waals surface area contributed by atoms with Crippen molar-refractivity contribution in [3.63, 3.8) is 0 Å². The highest BCUT2D eigenvalue weighted by Crippen LogP contribution is 2.31. The standard InChI is InChI=1S/C15H9BrN2S2/c16-10-1-3-14-12(8-10)18-15(20-14)17-11-2-4-13-9(7-11)5-6-19-13/h1-8H,(H,17,18). The van der Waals surface area contributed by atoms with Crippen molar-refractivity contribution in [3.05, 3.63) is 52.3 Å². The van der Waals surface area contributed by atoms with Gasteiger partial charge in [0.15, 0.2) is 5.13 Å². The van der Waals surface area contributed by atoms with Crippen LogP contribution in [0.1, 0.15) is 0 Å². The number of thiophene rings is 1. The first kappa shape index (κ1) is 12.3. The summed E-state index contributed by atoms with van der Waals surface area (Å²) in [6.07, 6.45) is 0. The number of nitrogens with zero attached hydrogens (tertiary/aromatic N) is 1. The number of aromatic nitrogens is 1. The molecule has 2 aromatic carbocycles. The summed E-state index contributed by atoms with van der Waals surface area (Å²) in [5, 5.41) is 7.70. The number of benzene rings is 2. The molecule has 4 aromatic rings. The maximum atomic E-state index is 4.62. The molecular formula is C15H9BrN2S2. The zero-order valence-corrected chi connectivity index (χ0v) is 13.5. The molecule has 4 rings (SSSR count). The molecule has 20 heavy (non-hydrogen) atoms. The number of hydrogen-bond donors (Lipinski definition) is 1. The fourth-order valence-electron chi connectivity index (χ4n) is 2.12. The summed E-state index contributed by atoms with van der Waals surface area (Å²) in [6, 6.07) is 14.7. The summed E-state index contributed by atoms with van der Waals surface area (Å²) in [5.41, 5.74) is 2.09. The average Bonchev–Trinajstić information content (AvgIpc) is 3.03. The van der Waals surface area contributed by atoms with Crippen LogP contribution in [0.4, 0.5) is 10.8 Å². The van der Waals surface area contributed by atoms with Gasteiger partial charge in [-0.1, -0.05) is 27.3 Å². The van der Waals surface area contributed by atoms with E-state index in [1.54, 1.807) is 22.7 Å². The zero-order valence-electron chi connectivity index (χ0n) is 10.3. The fraction of sp³-hybridized carbons (Fsp3) is 0. The Balaban J connectivity index is 1.72. The third-order valence-electron chi connectivity index (χ3n) is 3.05. The van der Waals surface area contributed by atoms with Gasteiger partial charge in [-0.2, -0.15) is 0 Å². The minimum Gasteiger partial charge on any atom is -0.332 e. The number of rotatable bonds is 2. The van der Waals surface area contributed by atoms with Crippen molar-refractivity contribution in [2.45, 2.75) is 0 Å². The van der Waals surface area contributed by atoms with Crippen molar-refractivity contribution < 1.29 is 0 Å². The number of nitrogens with one attached hydrogen (secondary N) is 1. The Bertz CT molecular complexity index is 910. The van der Waals surface area contributed by atoms with Crippen molar-refractivity contribution in [2.24, 2.45) is 0 Å². The van der Waals surface area contributed by atoms with Crippen molar-refractivity contribution in [2.75, 3.05) is 5.32 Å². The Kier molecular flexibility index (Phi) is 2.98. The molecule has 2 aromatic heterocycles. The number of halogens is 1. The second-order valence-corrected chi connectivity index (χ2v) is 7.32. The topological polar surface area (TPSA) is 24.9 Å². The second kappa shape index (κ2) is 4.84. The number of fused-ring (bicyclic) bond motifs is 2. The molecule has 0 spiro atoms. The van der Waals surface area contributed by atoms with Gasteiger partial charge in [-0.05, 0) is 53.2 Å². The summed E-state index contributed by atoms with van der Waals surface area (Å²) in [4.78, 5) is 4.62. The summed E-state index contributed by atoms with van der Waals surface area (Å²) in [6.45, 7) is 0. The Hall–Kier alpha value is -1.43. The maximum absolute atomic E-state index is 4.62. The molecule has 0 saturated heterocycles. The van der Waals surface area contributed by atoms with Gasteiger partial charge in [0.25, 0.3) is 0 Å². The molecule has 0 unspecified atom stereocenters. The third-order valence-corrected chi connectivity index (χ3v) is 5.40. The van der Waals surface area contributed by atoms with E-state index in [1.807, 2.05) is 12.1 Å². The first-order valence-corrected chi connectivity index (χ1v) is 8.57. The lowest BCUT2D eigenvalue weighted by Gasteiger charge is -2.01. The highest BCUT2D eigenvalue weighted by atomic mass is 79.9. The lowest BCUT2D eigenvalue weighted by Crippen LogP contribution is -1.88. The van der Waals surface area contributed by atoms with Crippen LogP contribution in [0, 0.1) is 0 Å². The molecule has 0 atom stereocenters. The van der Waals surface area contributed by atoms with Crippen LogP contribution in [0.25, 0.3) is 20.3 Å². The van der Waals surface area contributed by atoms with Gasteiger partial charge >= 0.3 is 0 Å². The molecule has 0 radical (unpaired) electrons. The van der Waals surface area contributed by atoms with E-state index >= 15 is 0 Å². The summed E-state index contributed by atoms with van der Waals surface area (Å²) < 4.78 is 3.55. The minimum absolute atomic E-state index is 0.924. The molecule has 98 valence electrons. The molecule has 0 aliphatic carbocycles. The molecule has 0 amide bonds. The Morgan fingerprint density at radius 3 is 2.85 bits per heavy atom. The van der Waals surface area contributed by atoms with Crippen molar-refractivity contribution in [1.82, 2.24) is 4.98 Å². The van der Waals surface area contributed by atoms with Crippen molar-refractivity contribution >= 4 is 69.7 Å². The SMILES string of the molecule is Brc1ccc2sc(Nc3ccc4sccc4c3)nc2c1. The molecule has 5 heteroatoms. The van der Waals surface area contributed by atoms with E-state index < -0.39 is 0 Å². The molecule has 0 aliphatic heterocycles. The van der Waals surface area contributed by atoms with Crippen LogP contribution >= 0.6 is 38.6 Å². The van der Waals surface area contributed by atoms with Gasteiger partial charge in [0.05, 0.1) is 10.2 Å². The lowest BCUT2D eigenvalue weighted by atomic mass is 10.2. The number of thiazole rings is 1. The molecule has 0 aliphatic rings. The summed E-state index contributed by atoms with van der Waals surface area (Å²) in [5.74, 6) is 0. The summed E-state index contributed by atoms with van der Waals surface area (Å²) in [7, 11) is 0. The van der Waals surface area contributed by atoms with E-state index in [0.717, 1.165) is 20.8 Å². The van der Waals surface area contributed by atoms with Crippen LogP contribution in [0.5, 0.6) is 0 Å². The Morgan fingerprint density at radius 1 is 1.00 bits per heavy atom. The van der Waals surface area contributed by atoms with Gasteiger partial charge in [-0.3, -0.25) is 0 Å². The van der Waals surface area contributed by atoms with Crippen molar-refractivity contribution in [3.8, 4) is 0 Å². The molecule has 0 fully saturated rings. The molecule has 0 bridgehead atoms. The largest absolute Gasteiger partial charge is 0.332 e. The maximum Gasteiger partial charge on any atom is 0.188 e. The van der Waals surface area contributed by atoms with Crippen LogP contribution in [0.3, 0.4) is 0 Å².